The van der Waals surface area contributed by atoms with Crippen LogP contribution in [0.1, 0.15) is 33.6 Å². The van der Waals surface area contributed by atoms with Gasteiger partial charge in [-0.3, -0.25) is 4.79 Å². The summed E-state index contributed by atoms with van der Waals surface area (Å²) in [5, 5.41) is 19.0. The largest absolute Gasteiger partial charge is 0.493 e. The van der Waals surface area contributed by atoms with Crippen LogP contribution >= 0.6 is 0 Å². The van der Waals surface area contributed by atoms with Crippen molar-refractivity contribution in [1.29, 1.82) is 0 Å². The van der Waals surface area contributed by atoms with Crippen molar-refractivity contribution in [2.45, 2.75) is 19.1 Å². The molecule has 29 heavy (non-hydrogen) atoms. The van der Waals surface area contributed by atoms with Crippen LogP contribution in [0.2, 0.25) is 0 Å². The van der Waals surface area contributed by atoms with E-state index in [-0.39, 0.29) is 24.0 Å². The quantitative estimate of drug-likeness (QED) is 0.536. The molecule has 1 aliphatic rings. The molecule has 1 aromatic carbocycles. The van der Waals surface area contributed by atoms with Gasteiger partial charge in [-0.1, -0.05) is 12.1 Å². The third-order valence-electron chi connectivity index (χ3n) is 4.31. The van der Waals surface area contributed by atoms with E-state index in [4.69, 9.17) is 19.9 Å². The number of pyridine rings is 1. The average molecular weight is 404 g/mol. The molecule has 10 heteroatoms. The highest BCUT2D eigenvalue weighted by molar-refractivity contribution is 6.07. The summed E-state index contributed by atoms with van der Waals surface area (Å²) in [6.07, 6.45) is 0.982. The van der Waals surface area contributed by atoms with Gasteiger partial charge in [0.25, 0.3) is 5.56 Å². The van der Waals surface area contributed by atoms with E-state index in [1.807, 2.05) is 0 Å². The lowest BCUT2D eigenvalue weighted by molar-refractivity contribution is -0.183. The minimum absolute atomic E-state index is 0.181. The summed E-state index contributed by atoms with van der Waals surface area (Å²) in [5.41, 5.74) is 3.34. The van der Waals surface area contributed by atoms with Gasteiger partial charge in [-0.05, 0) is 24.1 Å². The van der Waals surface area contributed by atoms with Crippen molar-refractivity contribution < 1.29 is 34.0 Å². The van der Waals surface area contributed by atoms with Crippen LogP contribution in [0.5, 0.6) is 5.75 Å². The smallest absolute Gasteiger partial charge is 0.342 e. The van der Waals surface area contributed by atoms with Crippen molar-refractivity contribution in [1.82, 2.24) is 4.98 Å². The molecular formula is C19H20N2O8. The summed E-state index contributed by atoms with van der Waals surface area (Å²) in [6.45, 7) is 1.52. The van der Waals surface area contributed by atoms with Crippen molar-refractivity contribution in [2.24, 2.45) is 0 Å². The van der Waals surface area contributed by atoms with Gasteiger partial charge in [0.2, 0.25) is 0 Å². The van der Waals surface area contributed by atoms with Crippen molar-refractivity contribution in [3.63, 3.8) is 0 Å². The summed E-state index contributed by atoms with van der Waals surface area (Å²) in [6, 6.07) is 6.12. The molecule has 10 nitrogen and oxygen atoms in total. The van der Waals surface area contributed by atoms with Gasteiger partial charge in [0.05, 0.1) is 19.8 Å². The molecule has 2 aromatic rings. The van der Waals surface area contributed by atoms with Crippen molar-refractivity contribution in [2.75, 3.05) is 25.6 Å². The zero-order valence-electron chi connectivity index (χ0n) is 15.3. The van der Waals surface area contributed by atoms with Gasteiger partial charge in [0, 0.05) is 12.0 Å². The number of nitrogen functional groups attached to an aromatic ring is 1. The molecule has 0 saturated carbocycles. The fourth-order valence-corrected chi connectivity index (χ4v) is 3.05. The molecule has 2 heterocycles. The molecule has 0 spiro atoms. The molecule has 0 unspecified atom stereocenters. The van der Waals surface area contributed by atoms with E-state index >= 15 is 0 Å². The molecule has 1 saturated heterocycles. The predicted molar refractivity (Wildman–Crippen MR) is 101 cm³/mol. The van der Waals surface area contributed by atoms with E-state index in [2.05, 4.69) is 4.98 Å². The third kappa shape index (κ3) is 4.55. The molecule has 0 bridgehead atoms. The Morgan fingerprint density at radius 3 is 2.52 bits per heavy atom. The number of aromatic carboxylic acids is 2. The maximum Gasteiger partial charge on any atom is 0.342 e. The lowest BCUT2D eigenvalue weighted by Gasteiger charge is -2.23. The maximum atomic E-state index is 12.1. The van der Waals surface area contributed by atoms with Crippen LogP contribution in [-0.2, 0) is 9.47 Å². The molecule has 154 valence electrons. The Labute approximate surface area is 164 Å². The highest BCUT2D eigenvalue weighted by Gasteiger charge is 2.26. The predicted octanol–water partition coefficient (Wildman–Crippen LogP) is 1.55. The first-order chi connectivity index (χ1) is 13.9. The Balaban J connectivity index is 1.92. The zero-order valence-corrected chi connectivity index (χ0v) is 15.3. The first kappa shape index (κ1) is 20.4. The molecule has 1 fully saturated rings. The highest BCUT2D eigenvalue weighted by atomic mass is 16.7. The van der Waals surface area contributed by atoms with Crippen LogP contribution in [0.4, 0.5) is 5.82 Å². The molecule has 1 aliphatic heterocycles. The van der Waals surface area contributed by atoms with Gasteiger partial charge in [-0.2, -0.15) is 0 Å². The van der Waals surface area contributed by atoms with Crippen molar-refractivity contribution >= 4 is 17.8 Å². The third-order valence-corrected chi connectivity index (χ3v) is 4.31. The molecule has 0 atom stereocenters. The first-order valence-corrected chi connectivity index (χ1v) is 8.87. The van der Waals surface area contributed by atoms with Gasteiger partial charge in [0.1, 0.15) is 22.7 Å². The number of carbonyl (C=O) groups is 2. The molecule has 0 radical (unpaired) electrons. The van der Waals surface area contributed by atoms with Crippen LogP contribution in [0, 0.1) is 0 Å². The average Bonchev–Trinajstić information content (AvgIpc) is 2.67. The van der Waals surface area contributed by atoms with Gasteiger partial charge < -0.3 is 35.1 Å². The van der Waals surface area contributed by atoms with E-state index in [0.29, 0.717) is 25.4 Å². The Hall–Kier alpha value is -3.37. The Bertz CT molecular complexity index is 979. The second kappa shape index (κ2) is 8.76. The number of carboxylic acids is 2. The number of aromatic amines is 1. The molecule has 5 N–H and O–H groups in total. The summed E-state index contributed by atoms with van der Waals surface area (Å²) < 4.78 is 16.5. The second-order valence-corrected chi connectivity index (χ2v) is 6.29. The van der Waals surface area contributed by atoms with Gasteiger partial charge in [-0.25, -0.2) is 9.59 Å². The molecule has 1 aromatic heterocycles. The number of hydrogen-bond acceptors (Lipinski definition) is 7. The number of rotatable bonds is 7. The number of nitrogens with one attached hydrogen (secondary N) is 1. The van der Waals surface area contributed by atoms with Crippen LogP contribution in [0.3, 0.4) is 0 Å². The Morgan fingerprint density at radius 1 is 1.17 bits per heavy atom. The number of carboxylic acid groups (broad SMARTS) is 2. The van der Waals surface area contributed by atoms with Crippen molar-refractivity contribution in [3.8, 4) is 16.9 Å². The molecular weight excluding hydrogens is 384 g/mol. The van der Waals surface area contributed by atoms with Gasteiger partial charge >= 0.3 is 11.9 Å². The maximum absolute atomic E-state index is 12.1. The number of benzene rings is 1. The zero-order chi connectivity index (χ0) is 21.0. The molecule has 0 aliphatic carbocycles. The Kier molecular flexibility index (Phi) is 6.15. The lowest BCUT2D eigenvalue weighted by atomic mass is 9.95. The number of ether oxygens (including phenoxy) is 3. The fourth-order valence-electron chi connectivity index (χ4n) is 3.05. The summed E-state index contributed by atoms with van der Waals surface area (Å²) >= 11 is 0. The SMILES string of the molecule is Nc1[nH]c(=O)c(C(=O)O)c(-c2cccc(OCCC3OCCCO3)c2)c1C(=O)O. The number of H-pyrrole nitrogens is 1. The molecule has 0 amide bonds. The van der Waals surface area contributed by atoms with Crippen molar-refractivity contribution in [3.05, 3.63) is 45.7 Å². The number of hydrogen-bond donors (Lipinski definition) is 4. The topological polar surface area (TPSA) is 161 Å². The van der Waals surface area contributed by atoms with E-state index in [1.165, 1.54) is 12.1 Å². The number of aromatic nitrogens is 1. The van der Waals surface area contributed by atoms with E-state index < -0.39 is 34.4 Å². The number of anilines is 1. The van der Waals surface area contributed by atoms with Gasteiger partial charge in [-0.15, -0.1) is 0 Å². The van der Waals surface area contributed by atoms with Crippen LogP contribution in [0.15, 0.2) is 29.1 Å². The summed E-state index contributed by atoms with van der Waals surface area (Å²) in [4.78, 5) is 37.5. The standard InChI is InChI=1S/C19H20N2O8/c20-16-14(18(23)24)13(15(19(25)26)17(22)21-16)10-3-1-4-11(9-10)27-8-5-12-28-6-2-7-29-12/h1,3-4,9,12H,2,5-8H2,(H,23,24)(H,25,26)(H3,20,21,22). The van der Waals surface area contributed by atoms with Crippen LogP contribution in [0.25, 0.3) is 11.1 Å². The summed E-state index contributed by atoms with van der Waals surface area (Å²) in [7, 11) is 0. The van der Waals surface area contributed by atoms with Crippen LogP contribution < -0.4 is 16.0 Å². The minimum atomic E-state index is -1.57. The first-order valence-electron chi connectivity index (χ1n) is 8.87. The second-order valence-electron chi connectivity index (χ2n) is 6.29. The van der Waals surface area contributed by atoms with E-state index in [0.717, 1.165) is 6.42 Å². The van der Waals surface area contributed by atoms with Gasteiger partial charge in [0.15, 0.2) is 6.29 Å². The lowest BCUT2D eigenvalue weighted by Crippen LogP contribution is -2.26. The monoisotopic (exact) mass is 404 g/mol. The van der Waals surface area contributed by atoms with Crippen LogP contribution in [-0.4, -0.2) is 53.2 Å². The normalized spacial score (nSPS) is 14.5. The van der Waals surface area contributed by atoms with E-state index in [9.17, 15) is 24.6 Å². The fraction of sp³-hybridized carbons (Fsp3) is 0.316. The molecule has 3 rings (SSSR count). The van der Waals surface area contributed by atoms with E-state index in [1.54, 1.807) is 12.1 Å². The highest BCUT2D eigenvalue weighted by Crippen LogP contribution is 2.31. The minimum Gasteiger partial charge on any atom is -0.493 e. The number of nitrogens with two attached hydrogens (primary N) is 1. The Morgan fingerprint density at radius 2 is 1.86 bits per heavy atom. The summed E-state index contributed by atoms with van der Waals surface area (Å²) in [5.74, 6) is -3.10.